The van der Waals surface area contributed by atoms with E-state index in [2.05, 4.69) is 0 Å². The molecule has 1 aliphatic heterocycles. The van der Waals surface area contributed by atoms with Crippen LogP contribution in [0.15, 0.2) is 0 Å². The number of rotatable bonds is 2. The summed E-state index contributed by atoms with van der Waals surface area (Å²) in [6.07, 6.45) is -2.73. The average molecular weight is 204 g/mol. The molecule has 0 amide bonds. The normalized spacial score (nSPS) is 43.6. The molecule has 0 saturated carbocycles. The molecule has 1 saturated heterocycles. The molecule has 1 aliphatic rings. The van der Waals surface area contributed by atoms with Crippen LogP contribution in [0.25, 0.3) is 0 Å². The SMILES string of the molecule is COC1O[C@H](C(=O)O)[C@@H](O)[C@H](C)[C@H]1C. The molecule has 82 valence electrons. The maximum atomic E-state index is 10.7. The molecule has 0 spiro atoms. The third-order valence-electron chi connectivity index (χ3n) is 2.86. The number of hydrogen-bond acceptors (Lipinski definition) is 4. The molecule has 1 rings (SSSR count). The summed E-state index contributed by atoms with van der Waals surface area (Å²) >= 11 is 0. The zero-order chi connectivity index (χ0) is 10.9. The Morgan fingerprint density at radius 1 is 1.36 bits per heavy atom. The smallest absolute Gasteiger partial charge is 0.335 e. The molecule has 1 unspecified atom stereocenters. The Morgan fingerprint density at radius 2 is 1.93 bits per heavy atom. The predicted octanol–water partition coefficient (Wildman–Crippen LogP) is 0.0754. The molecular formula is C9H16O5. The predicted molar refractivity (Wildman–Crippen MR) is 47.6 cm³/mol. The Balaban J connectivity index is 2.78. The van der Waals surface area contributed by atoms with E-state index in [-0.39, 0.29) is 11.8 Å². The third kappa shape index (κ3) is 1.89. The van der Waals surface area contributed by atoms with Gasteiger partial charge in [-0.15, -0.1) is 0 Å². The minimum absolute atomic E-state index is 0.0226. The van der Waals surface area contributed by atoms with Gasteiger partial charge in [-0.05, 0) is 5.92 Å². The van der Waals surface area contributed by atoms with Crippen molar-refractivity contribution >= 4 is 5.97 Å². The number of aliphatic hydroxyl groups is 1. The van der Waals surface area contributed by atoms with Crippen LogP contribution < -0.4 is 0 Å². The van der Waals surface area contributed by atoms with Gasteiger partial charge in [-0.25, -0.2) is 4.79 Å². The van der Waals surface area contributed by atoms with E-state index in [9.17, 15) is 9.90 Å². The van der Waals surface area contributed by atoms with Gasteiger partial charge in [-0.2, -0.15) is 0 Å². The van der Waals surface area contributed by atoms with Crippen molar-refractivity contribution in [1.82, 2.24) is 0 Å². The van der Waals surface area contributed by atoms with Crippen molar-refractivity contribution in [2.75, 3.05) is 7.11 Å². The molecule has 1 fully saturated rings. The van der Waals surface area contributed by atoms with Crippen LogP contribution in [0.5, 0.6) is 0 Å². The highest BCUT2D eigenvalue weighted by Gasteiger charge is 2.44. The second kappa shape index (κ2) is 4.25. The lowest BCUT2D eigenvalue weighted by atomic mass is 9.85. The molecule has 2 N–H and O–H groups in total. The van der Waals surface area contributed by atoms with Crippen molar-refractivity contribution < 1.29 is 24.5 Å². The summed E-state index contributed by atoms with van der Waals surface area (Å²) in [5.41, 5.74) is 0. The average Bonchev–Trinajstić information content (AvgIpc) is 2.14. The minimum Gasteiger partial charge on any atom is -0.479 e. The number of hydrogen-bond donors (Lipinski definition) is 2. The molecule has 0 radical (unpaired) electrons. The zero-order valence-corrected chi connectivity index (χ0v) is 8.51. The quantitative estimate of drug-likeness (QED) is 0.666. The van der Waals surface area contributed by atoms with Crippen LogP contribution in [0.1, 0.15) is 13.8 Å². The Morgan fingerprint density at radius 3 is 2.36 bits per heavy atom. The molecule has 0 aromatic carbocycles. The highest BCUT2D eigenvalue weighted by Crippen LogP contribution is 2.30. The molecule has 0 aliphatic carbocycles. The van der Waals surface area contributed by atoms with E-state index in [0.717, 1.165) is 0 Å². The van der Waals surface area contributed by atoms with E-state index in [1.54, 1.807) is 6.92 Å². The van der Waals surface area contributed by atoms with Crippen LogP contribution in [-0.2, 0) is 14.3 Å². The molecule has 0 bridgehead atoms. The van der Waals surface area contributed by atoms with E-state index >= 15 is 0 Å². The largest absolute Gasteiger partial charge is 0.479 e. The van der Waals surface area contributed by atoms with Gasteiger partial charge in [0.2, 0.25) is 0 Å². The van der Waals surface area contributed by atoms with Crippen molar-refractivity contribution in [3.63, 3.8) is 0 Å². The monoisotopic (exact) mass is 204 g/mol. The number of carboxylic acid groups (broad SMARTS) is 1. The van der Waals surface area contributed by atoms with Crippen molar-refractivity contribution in [1.29, 1.82) is 0 Å². The van der Waals surface area contributed by atoms with E-state index in [1.807, 2.05) is 6.92 Å². The van der Waals surface area contributed by atoms with Gasteiger partial charge in [0.25, 0.3) is 0 Å². The fraction of sp³-hybridized carbons (Fsp3) is 0.889. The van der Waals surface area contributed by atoms with Crippen LogP contribution in [-0.4, -0.2) is 41.8 Å². The number of ether oxygens (including phenoxy) is 2. The van der Waals surface area contributed by atoms with Gasteiger partial charge in [0.15, 0.2) is 12.4 Å². The van der Waals surface area contributed by atoms with Gasteiger partial charge in [-0.3, -0.25) is 0 Å². The molecule has 5 atom stereocenters. The molecule has 1 heterocycles. The van der Waals surface area contributed by atoms with Gasteiger partial charge in [-0.1, -0.05) is 13.8 Å². The summed E-state index contributed by atoms with van der Waals surface area (Å²) in [4.78, 5) is 10.7. The fourth-order valence-corrected chi connectivity index (χ4v) is 1.66. The molecular weight excluding hydrogens is 188 g/mol. The summed E-state index contributed by atoms with van der Waals surface area (Å²) in [7, 11) is 1.46. The Labute approximate surface area is 82.6 Å². The summed E-state index contributed by atoms with van der Waals surface area (Å²) < 4.78 is 10.1. The zero-order valence-electron chi connectivity index (χ0n) is 8.51. The maximum Gasteiger partial charge on any atom is 0.335 e. The van der Waals surface area contributed by atoms with Crippen molar-refractivity contribution in [2.24, 2.45) is 11.8 Å². The van der Waals surface area contributed by atoms with Gasteiger partial charge < -0.3 is 19.7 Å². The Hall–Kier alpha value is -0.650. The summed E-state index contributed by atoms with van der Waals surface area (Å²) in [5, 5.41) is 18.4. The molecule has 0 aromatic heterocycles. The molecule has 0 aromatic rings. The number of aliphatic hydroxyl groups excluding tert-OH is 1. The first-order valence-corrected chi connectivity index (χ1v) is 4.58. The van der Waals surface area contributed by atoms with Crippen LogP contribution in [0.4, 0.5) is 0 Å². The van der Waals surface area contributed by atoms with E-state index < -0.39 is 24.5 Å². The maximum absolute atomic E-state index is 10.7. The number of carbonyl (C=O) groups is 1. The standard InChI is InChI=1S/C9H16O5/c1-4-5(2)9(13-3)14-7(6(4)10)8(11)12/h4-7,9-10H,1-3H3,(H,11,12)/t4-,5-,6+,7+,9?/m1/s1. The van der Waals surface area contributed by atoms with Crippen LogP contribution in [0.2, 0.25) is 0 Å². The summed E-state index contributed by atoms with van der Waals surface area (Å²) in [6.45, 7) is 3.65. The Kier molecular flexibility index (Phi) is 3.47. The lowest BCUT2D eigenvalue weighted by Gasteiger charge is -2.39. The molecule has 14 heavy (non-hydrogen) atoms. The van der Waals surface area contributed by atoms with Crippen LogP contribution >= 0.6 is 0 Å². The first-order chi connectivity index (χ1) is 6.49. The van der Waals surface area contributed by atoms with Gasteiger partial charge in [0.1, 0.15) is 0 Å². The van der Waals surface area contributed by atoms with Crippen molar-refractivity contribution in [3.05, 3.63) is 0 Å². The highest BCUT2D eigenvalue weighted by atomic mass is 16.7. The van der Waals surface area contributed by atoms with Crippen LogP contribution in [0, 0.1) is 11.8 Å². The summed E-state index contributed by atoms with van der Waals surface area (Å²) in [5.74, 6) is -1.33. The van der Waals surface area contributed by atoms with Gasteiger partial charge in [0, 0.05) is 13.0 Å². The molecule has 5 nitrogen and oxygen atoms in total. The fourth-order valence-electron chi connectivity index (χ4n) is 1.66. The summed E-state index contributed by atoms with van der Waals surface area (Å²) in [6, 6.07) is 0. The van der Waals surface area contributed by atoms with Crippen molar-refractivity contribution in [2.45, 2.75) is 32.3 Å². The third-order valence-corrected chi connectivity index (χ3v) is 2.86. The molecule has 5 heteroatoms. The number of methoxy groups -OCH3 is 1. The second-order valence-corrected chi connectivity index (χ2v) is 3.71. The first kappa shape index (κ1) is 11.4. The number of carboxylic acids is 1. The van der Waals surface area contributed by atoms with Crippen LogP contribution in [0.3, 0.4) is 0 Å². The first-order valence-electron chi connectivity index (χ1n) is 4.58. The Bertz CT molecular complexity index is 215. The topological polar surface area (TPSA) is 76.0 Å². The lowest BCUT2D eigenvalue weighted by molar-refractivity contribution is -0.254. The van der Waals surface area contributed by atoms with Crippen molar-refractivity contribution in [3.8, 4) is 0 Å². The van der Waals surface area contributed by atoms with E-state index in [4.69, 9.17) is 14.6 Å². The van der Waals surface area contributed by atoms with E-state index in [1.165, 1.54) is 7.11 Å². The number of aliphatic carboxylic acids is 1. The van der Waals surface area contributed by atoms with E-state index in [0.29, 0.717) is 0 Å². The van der Waals surface area contributed by atoms with Gasteiger partial charge in [0.05, 0.1) is 6.10 Å². The lowest BCUT2D eigenvalue weighted by Crippen LogP contribution is -2.52. The second-order valence-electron chi connectivity index (χ2n) is 3.71. The minimum atomic E-state index is -1.19. The highest BCUT2D eigenvalue weighted by molar-refractivity contribution is 5.73. The van der Waals surface area contributed by atoms with Gasteiger partial charge >= 0.3 is 5.97 Å².